The molecule has 5 heteroatoms. The van der Waals surface area contributed by atoms with E-state index in [0.29, 0.717) is 0 Å². The van der Waals surface area contributed by atoms with Crippen LogP contribution in [0.3, 0.4) is 0 Å². The second kappa shape index (κ2) is 4.42. The Bertz CT molecular complexity index is 721. The first-order chi connectivity index (χ1) is 8.79. The summed E-state index contributed by atoms with van der Waals surface area (Å²) in [6.07, 6.45) is 6.58. The minimum absolute atomic E-state index is 0.787. The molecule has 0 saturated carbocycles. The standard InChI is InChI=1S/C13H14N4S/c1-2-6-17-12-8-10(16-7-5-14-9-16)3-4-11(12)15-13(17)18/h3-5,7-9H,2,6H2,1H3,(H,15,18). The number of aromatic amines is 1. The Morgan fingerprint density at radius 3 is 3.00 bits per heavy atom. The van der Waals surface area contributed by atoms with Crippen molar-refractivity contribution < 1.29 is 0 Å². The summed E-state index contributed by atoms with van der Waals surface area (Å²) < 4.78 is 4.92. The molecule has 0 saturated heterocycles. The van der Waals surface area contributed by atoms with Gasteiger partial charge in [-0.15, -0.1) is 0 Å². The smallest absolute Gasteiger partial charge is 0.178 e. The van der Waals surface area contributed by atoms with Crippen LogP contribution in [0.2, 0.25) is 0 Å². The summed E-state index contributed by atoms with van der Waals surface area (Å²) in [6, 6.07) is 6.26. The van der Waals surface area contributed by atoms with E-state index in [0.717, 1.165) is 34.5 Å². The van der Waals surface area contributed by atoms with E-state index in [1.807, 2.05) is 10.8 Å². The van der Waals surface area contributed by atoms with E-state index >= 15 is 0 Å². The maximum absolute atomic E-state index is 5.35. The van der Waals surface area contributed by atoms with Crippen molar-refractivity contribution in [2.24, 2.45) is 0 Å². The Morgan fingerprint density at radius 1 is 1.39 bits per heavy atom. The summed E-state index contributed by atoms with van der Waals surface area (Å²) in [4.78, 5) is 7.31. The van der Waals surface area contributed by atoms with Crippen molar-refractivity contribution in [3.8, 4) is 5.69 Å². The van der Waals surface area contributed by atoms with Crippen LogP contribution in [0.25, 0.3) is 16.7 Å². The second-order valence-corrected chi connectivity index (χ2v) is 4.64. The first-order valence-corrected chi connectivity index (χ1v) is 6.41. The van der Waals surface area contributed by atoms with E-state index in [1.165, 1.54) is 0 Å². The van der Waals surface area contributed by atoms with E-state index in [-0.39, 0.29) is 0 Å². The van der Waals surface area contributed by atoms with Crippen molar-refractivity contribution in [3.63, 3.8) is 0 Å². The number of hydrogen-bond donors (Lipinski definition) is 1. The molecule has 18 heavy (non-hydrogen) atoms. The van der Waals surface area contributed by atoms with Crippen molar-refractivity contribution in [1.29, 1.82) is 0 Å². The third kappa shape index (κ3) is 1.76. The van der Waals surface area contributed by atoms with Gasteiger partial charge in [-0.3, -0.25) is 0 Å². The van der Waals surface area contributed by atoms with Gasteiger partial charge in [0.15, 0.2) is 4.77 Å². The molecule has 0 aliphatic heterocycles. The lowest BCUT2D eigenvalue weighted by atomic mass is 10.2. The van der Waals surface area contributed by atoms with E-state index in [4.69, 9.17) is 12.2 Å². The molecule has 4 nitrogen and oxygen atoms in total. The van der Waals surface area contributed by atoms with Gasteiger partial charge in [0.05, 0.1) is 17.4 Å². The predicted molar refractivity (Wildman–Crippen MR) is 74.5 cm³/mol. The number of aryl methyl sites for hydroxylation is 1. The van der Waals surface area contributed by atoms with Crippen molar-refractivity contribution in [2.75, 3.05) is 0 Å². The number of H-pyrrole nitrogens is 1. The molecule has 3 rings (SSSR count). The first kappa shape index (κ1) is 11.2. The molecule has 0 radical (unpaired) electrons. The van der Waals surface area contributed by atoms with E-state index in [2.05, 4.69) is 39.7 Å². The van der Waals surface area contributed by atoms with E-state index < -0.39 is 0 Å². The summed E-state index contributed by atoms with van der Waals surface area (Å²) in [6.45, 7) is 3.09. The SMILES string of the molecule is CCCn1c(=S)[nH]c2ccc(-n3ccnc3)cc21. The maximum Gasteiger partial charge on any atom is 0.178 e. The Kier molecular flexibility index (Phi) is 2.76. The number of hydrogen-bond acceptors (Lipinski definition) is 2. The van der Waals surface area contributed by atoms with Gasteiger partial charge in [0.1, 0.15) is 0 Å². The van der Waals surface area contributed by atoms with Gasteiger partial charge < -0.3 is 14.1 Å². The Labute approximate surface area is 110 Å². The zero-order valence-electron chi connectivity index (χ0n) is 10.1. The summed E-state index contributed by atoms with van der Waals surface area (Å²) in [7, 11) is 0. The van der Waals surface area contributed by atoms with Gasteiger partial charge >= 0.3 is 0 Å². The monoisotopic (exact) mass is 258 g/mol. The highest BCUT2D eigenvalue weighted by molar-refractivity contribution is 7.71. The molecule has 0 spiro atoms. The zero-order chi connectivity index (χ0) is 12.5. The number of nitrogens with one attached hydrogen (secondary N) is 1. The van der Waals surface area contributed by atoms with Crippen molar-refractivity contribution in [1.82, 2.24) is 19.1 Å². The van der Waals surface area contributed by atoms with Crippen LogP contribution in [0.1, 0.15) is 13.3 Å². The van der Waals surface area contributed by atoms with Crippen molar-refractivity contribution >= 4 is 23.3 Å². The minimum Gasteiger partial charge on any atom is -0.331 e. The number of fused-ring (bicyclic) bond motifs is 1. The second-order valence-electron chi connectivity index (χ2n) is 4.25. The number of imidazole rings is 2. The highest BCUT2D eigenvalue weighted by atomic mass is 32.1. The lowest BCUT2D eigenvalue weighted by molar-refractivity contribution is 0.688. The summed E-state index contributed by atoms with van der Waals surface area (Å²) in [5.74, 6) is 0. The van der Waals surface area contributed by atoms with Gasteiger partial charge in [0.2, 0.25) is 0 Å². The van der Waals surface area contributed by atoms with Crippen molar-refractivity contribution in [3.05, 3.63) is 41.7 Å². The molecular weight excluding hydrogens is 244 g/mol. The molecule has 0 unspecified atom stereocenters. The molecular formula is C13H14N4S. The lowest BCUT2D eigenvalue weighted by Gasteiger charge is -2.05. The van der Waals surface area contributed by atoms with Crippen LogP contribution < -0.4 is 0 Å². The molecule has 0 amide bonds. The van der Waals surface area contributed by atoms with E-state index in [9.17, 15) is 0 Å². The molecule has 1 aromatic carbocycles. The van der Waals surface area contributed by atoms with Crippen LogP contribution in [-0.2, 0) is 6.54 Å². The number of aromatic nitrogens is 4. The van der Waals surface area contributed by atoms with Gasteiger partial charge in [-0.2, -0.15) is 0 Å². The molecule has 0 aliphatic rings. The molecule has 0 fully saturated rings. The minimum atomic E-state index is 0.787. The predicted octanol–water partition coefficient (Wildman–Crippen LogP) is 3.29. The fourth-order valence-corrected chi connectivity index (χ4v) is 2.46. The van der Waals surface area contributed by atoms with Crippen LogP contribution in [-0.4, -0.2) is 19.1 Å². The normalized spacial score (nSPS) is 11.2. The average Bonchev–Trinajstić information content (AvgIpc) is 2.98. The lowest BCUT2D eigenvalue weighted by Crippen LogP contribution is -1.97. The zero-order valence-corrected chi connectivity index (χ0v) is 10.9. The quantitative estimate of drug-likeness (QED) is 0.732. The Morgan fingerprint density at radius 2 is 2.28 bits per heavy atom. The number of rotatable bonds is 3. The van der Waals surface area contributed by atoms with Crippen molar-refractivity contribution in [2.45, 2.75) is 19.9 Å². The largest absolute Gasteiger partial charge is 0.331 e. The van der Waals surface area contributed by atoms with Gasteiger partial charge in [-0.05, 0) is 36.8 Å². The highest BCUT2D eigenvalue weighted by Crippen LogP contribution is 2.19. The molecule has 1 N–H and O–H groups in total. The van der Waals surface area contributed by atoms with Crippen LogP contribution in [0.4, 0.5) is 0 Å². The molecule has 2 heterocycles. The average molecular weight is 258 g/mol. The van der Waals surface area contributed by atoms with Gasteiger partial charge in [0, 0.05) is 24.6 Å². The van der Waals surface area contributed by atoms with Crippen LogP contribution in [0, 0.1) is 4.77 Å². The Balaban J connectivity index is 2.21. The topological polar surface area (TPSA) is 38.5 Å². The van der Waals surface area contributed by atoms with E-state index in [1.54, 1.807) is 12.5 Å². The fraction of sp³-hybridized carbons (Fsp3) is 0.231. The number of nitrogens with zero attached hydrogens (tertiary/aromatic N) is 3. The highest BCUT2D eigenvalue weighted by Gasteiger charge is 2.05. The van der Waals surface area contributed by atoms with Gasteiger partial charge in [-0.25, -0.2) is 4.98 Å². The summed E-state index contributed by atoms with van der Waals surface area (Å²) in [5, 5.41) is 0. The summed E-state index contributed by atoms with van der Waals surface area (Å²) in [5.41, 5.74) is 3.32. The molecule has 92 valence electrons. The fourth-order valence-electron chi connectivity index (χ4n) is 2.16. The molecule has 0 atom stereocenters. The third-order valence-electron chi connectivity index (χ3n) is 3.01. The maximum atomic E-state index is 5.35. The molecule has 3 aromatic rings. The first-order valence-electron chi connectivity index (χ1n) is 6.00. The molecule has 2 aromatic heterocycles. The third-order valence-corrected chi connectivity index (χ3v) is 3.33. The number of benzene rings is 1. The molecule has 0 aliphatic carbocycles. The van der Waals surface area contributed by atoms with Crippen LogP contribution >= 0.6 is 12.2 Å². The van der Waals surface area contributed by atoms with Crippen LogP contribution in [0.15, 0.2) is 36.9 Å². The summed E-state index contributed by atoms with van der Waals surface area (Å²) >= 11 is 5.35. The van der Waals surface area contributed by atoms with Gasteiger partial charge in [0.25, 0.3) is 0 Å². The van der Waals surface area contributed by atoms with Gasteiger partial charge in [-0.1, -0.05) is 6.92 Å². The van der Waals surface area contributed by atoms with Crippen LogP contribution in [0.5, 0.6) is 0 Å². The molecule has 0 bridgehead atoms. The Hall–Kier alpha value is -1.88.